The first-order valence-electron chi connectivity index (χ1n) is 8.22. The molecule has 0 atom stereocenters. The second kappa shape index (κ2) is 7.99. The van der Waals surface area contributed by atoms with Crippen molar-refractivity contribution in [2.45, 2.75) is 58.1 Å². The van der Waals surface area contributed by atoms with E-state index in [1.165, 1.54) is 0 Å². The molecule has 126 valence electrons. The fourth-order valence-corrected chi connectivity index (χ4v) is 2.95. The van der Waals surface area contributed by atoms with E-state index < -0.39 is 5.97 Å². The minimum Gasteiger partial charge on any atom is -0.491 e. The minimum atomic E-state index is -0.725. The zero-order chi connectivity index (χ0) is 16.8. The molecule has 1 aromatic rings. The molecule has 2 N–H and O–H groups in total. The van der Waals surface area contributed by atoms with Crippen LogP contribution < -0.4 is 10.1 Å². The summed E-state index contributed by atoms with van der Waals surface area (Å²) in [6.07, 6.45) is 3.16. The monoisotopic (exact) mass is 319 g/mol. The normalized spacial score (nSPS) is 21.0. The Morgan fingerprint density at radius 3 is 2.57 bits per heavy atom. The lowest BCUT2D eigenvalue weighted by Crippen LogP contribution is -2.39. The maximum Gasteiger partial charge on any atom is 0.306 e. The SMILES string of the molecule is CC(C)Oc1cccc(CC(=O)NC2CCC(C(=O)O)CC2)c1. The van der Waals surface area contributed by atoms with Crippen molar-refractivity contribution in [3.8, 4) is 5.75 Å². The number of nitrogens with one attached hydrogen (secondary N) is 1. The van der Waals surface area contributed by atoms with Crippen LogP contribution in [0.1, 0.15) is 45.1 Å². The molecule has 0 aliphatic heterocycles. The van der Waals surface area contributed by atoms with Gasteiger partial charge in [0.05, 0.1) is 18.4 Å². The molecule has 0 heterocycles. The molecule has 0 unspecified atom stereocenters. The van der Waals surface area contributed by atoms with Gasteiger partial charge in [-0.15, -0.1) is 0 Å². The Morgan fingerprint density at radius 2 is 1.96 bits per heavy atom. The molecule has 5 nitrogen and oxygen atoms in total. The Bertz CT molecular complexity index is 548. The van der Waals surface area contributed by atoms with Gasteiger partial charge in [0.2, 0.25) is 5.91 Å². The number of amides is 1. The van der Waals surface area contributed by atoms with E-state index in [0.717, 1.165) is 24.2 Å². The summed E-state index contributed by atoms with van der Waals surface area (Å²) in [5.74, 6) is -0.234. The minimum absolute atomic E-state index is 0.0227. The third-order valence-electron chi connectivity index (χ3n) is 4.08. The molecule has 0 bridgehead atoms. The van der Waals surface area contributed by atoms with Crippen molar-refractivity contribution in [2.75, 3.05) is 0 Å². The summed E-state index contributed by atoms with van der Waals surface area (Å²) < 4.78 is 5.63. The summed E-state index contributed by atoms with van der Waals surface area (Å²) in [4.78, 5) is 23.1. The van der Waals surface area contributed by atoms with Gasteiger partial charge in [0, 0.05) is 6.04 Å². The average Bonchev–Trinajstić information content (AvgIpc) is 2.47. The molecule has 0 saturated heterocycles. The predicted molar refractivity (Wildman–Crippen MR) is 87.4 cm³/mol. The number of carbonyl (C=O) groups excluding carboxylic acids is 1. The fraction of sp³-hybridized carbons (Fsp3) is 0.556. The smallest absolute Gasteiger partial charge is 0.306 e. The molecular weight excluding hydrogens is 294 g/mol. The second-order valence-corrected chi connectivity index (χ2v) is 6.45. The molecule has 5 heteroatoms. The van der Waals surface area contributed by atoms with Crippen LogP contribution in [-0.4, -0.2) is 29.1 Å². The Kier molecular flexibility index (Phi) is 6.02. The number of hydrogen-bond acceptors (Lipinski definition) is 3. The maximum absolute atomic E-state index is 12.2. The van der Waals surface area contributed by atoms with Gasteiger partial charge in [-0.2, -0.15) is 0 Å². The lowest BCUT2D eigenvalue weighted by Gasteiger charge is -2.26. The van der Waals surface area contributed by atoms with Gasteiger partial charge in [-0.3, -0.25) is 9.59 Å². The summed E-state index contributed by atoms with van der Waals surface area (Å²) in [5.41, 5.74) is 0.917. The topological polar surface area (TPSA) is 75.6 Å². The van der Waals surface area contributed by atoms with Crippen LogP contribution in [0.2, 0.25) is 0 Å². The van der Waals surface area contributed by atoms with Gasteiger partial charge in [0.1, 0.15) is 5.75 Å². The molecule has 1 amide bonds. The quantitative estimate of drug-likeness (QED) is 0.845. The van der Waals surface area contributed by atoms with Crippen LogP contribution in [0, 0.1) is 5.92 Å². The molecule has 1 aliphatic carbocycles. The van der Waals surface area contributed by atoms with E-state index >= 15 is 0 Å². The van der Waals surface area contributed by atoms with Gasteiger partial charge >= 0.3 is 5.97 Å². The summed E-state index contributed by atoms with van der Waals surface area (Å²) in [7, 11) is 0. The summed E-state index contributed by atoms with van der Waals surface area (Å²) in [5, 5.41) is 12.0. The molecule has 0 radical (unpaired) electrons. The highest BCUT2D eigenvalue weighted by molar-refractivity contribution is 5.79. The van der Waals surface area contributed by atoms with Gasteiger partial charge in [-0.05, 0) is 57.2 Å². The van der Waals surface area contributed by atoms with Crippen molar-refractivity contribution in [3.05, 3.63) is 29.8 Å². The van der Waals surface area contributed by atoms with Crippen molar-refractivity contribution >= 4 is 11.9 Å². The van der Waals surface area contributed by atoms with E-state index in [1.54, 1.807) is 0 Å². The highest BCUT2D eigenvalue weighted by atomic mass is 16.5. The number of rotatable bonds is 6. The van der Waals surface area contributed by atoms with Crippen LogP contribution in [0.4, 0.5) is 0 Å². The zero-order valence-corrected chi connectivity index (χ0v) is 13.7. The number of ether oxygens (including phenoxy) is 1. The standard InChI is InChI=1S/C18H25NO4/c1-12(2)23-16-5-3-4-13(10-16)11-17(20)19-15-8-6-14(7-9-15)18(21)22/h3-5,10,12,14-15H,6-9,11H2,1-2H3,(H,19,20)(H,21,22). The first-order chi connectivity index (χ1) is 10.9. The zero-order valence-electron chi connectivity index (χ0n) is 13.7. The van der Waals surface area contributed by atoms with Crippen molar-refractivity contribution in [1.82, 2.24) is 5.32 Å². The Hall–Kier alpha value is -2.04. The molecule has 1 fully saturated rings. The largest absolute Gasteiger partial charge is 0.491 e. The van der Waals surface area contributed by atoms with E-state index in [2.05, 4.69) is 5.32 Å². The van der Waals surface area contributed by atoms with E-state index in [-0.39, 0.29) is 24.0 Å². The molecular formula is C18H25NO4. The van der Waals surface area contributed by atoms with Crippen LogP contribution >= 0.6 is 0 Å². The van der Waals surface area contributed by atoms with Gasteiger partial charge in [0.25, 0.3) is 0 Å². The van der Waals surface area contributed by atoms with Crippen LogP contribution in [0.25, 0.3) is 0 Å². The van der Waals surface area contributed by atoms with E-state index in [0.29, 0.717) is 19.3 Å². The molecule has 2 rings (SSSR count). The van der Waals surface area contributed by atoms with Gasteiger partial charge in [-0.25, -0.2) is 0 Å². The molecule has 0 spiro atoms. The van der Waals surface area contributed by atoms with Crippen LogP contribution in [0.5, 0.6) is 5.75 Å². The van der Waals surface area contributed by atoms with Gasteiger partial charge in [-0.1, -0.05) is 12.1 Å². The lowest BCUT2D eigenvalue weighted by atomic mass is 9.86. The molecule has 0 aromatic heterocycles. The highest BCUT2D eigenvalue weighted by Gasteiger charge is 2.26. The van der Waals surface area contributed by atoms with Crippen LogP contribution in [-0.2, 0) is 16.0 Å². The Morgan fingerprint density at radius 1 is 1.26 bits per heavy atom. The summed E-state index contributed by atoms with van der Waals surface area (Å²) in [6.45, 7) is 3.93. The van der Waals surface area contributed by atoms with E-state index in [4.69, 9.17) is 9.84 Å². The first-order valence-corrected chi connectivity index (χ1v) is 8.22. The molecule has 1 saturated carbocycles. The number of benzene rings is 1. The summed E-state index contributed by atoms with van der Waals surface area (Å²) in [6, 6.07) is 7.66. The third-order valence-corrected chi connectivity index (χ3v) is 4.08. The number of carboxylic acid groups (broad SMARTS) is 1. The predicted octanol–water partition coefficient (Wildman–Crippen LogP) is 2.78. The molecule has 1 aromatic carbocycles. The Balaban J connectivity index is 1.82. The van der Waals surface area contributed by atoms with Crippen molar-refractivity contribution in [2.24, 2.45) is 5.92 Å². The molecule has 1 aliphatic rings. The first kappa shape index (κ1) is 17.3. The number of carboxylic acids is 1. The maximum atomic E-state index is 12.2. The van der Waals surface area contributed by atoms with Crippen molar-refractivity contribution < 1.29 is 19.4 Å². The van der Waals surface area contributed by atoms with E-state index in [9.17, 15) is 9.59 Å². The number of carbonyl (C=O) groups is 2. The fourth-order valence-electron chi connectivity index (χ4n) is 2.95. The second-order valence-electron chi connectivity index (χ2n) is 6.45. The molecule has 23 heavy (non-hydrogen) atoms. The van der Waals surface area contributed by atoms with E-state index in [1.807, 2.05) is 38.1 Å². The van der Waals surface area contributed by atoms with Crippen molar-refractivity contribution in [1.29, 1.82) is 0 Å². The van der Waals surface area contributed by atoms with Gasteiger partial charge in [0.15, 0.2) is 0 Å². The van der Waals surface area contributed by atoms with Crippen LogP contribution in [0.15, 0.2) is 24.3 Å². The van der Waals surface area contributed by atoms with Gasteiger partial charge < -0.3 is 15.2 Å². The lowest BCUT2D eigenvalue weighted by molar-refractivity contribution is -0.142. The third kappa shape index (κ3) is 5.58. The summed E-state index contributed by atoms with van der Waals surface area (Å²) >= 11 is 0. The number of hydrogen-bond donors (Lipinski definition) is 2. The van der Waals surface area contributed by atoms with Crippen molar-refractivity contribution in [3.63, 3.8) is 0 Å². The Labute approximate surface area is 137 Å². The highest BCUT2D eigenvalue weighted by Crippen LogP contribution is 2.24. The average molecular weight is 319 g/mol. The van der Waals surface area contributed by atoms with Crippen LogP contribution in [0.3, 0.4) is 0 Å². The number of aliphatic carboxylic acids is 1.